The topological polar surface area (TPSA) is 83.4 Å². The van der Waals surface area contributed by atoms with E-state index >= 15 is 0 Å². The number of halogens is 2. The number of benzene rings is 1. The lowest BCUT2D eigenvalue weighted by molar-refractivity contribution is -0.144. The average Bonchev–Trinajstić information content (AvgIpc) is 2.92. The summed E-state index contributed by atoms with van der Waals surface area (Å²) in [5.41, 5.74) is 4.90. The van der Waals surface area contributed by atoms with Crippen LogP contribution >= 0.6 is 11.6 Å². The van der Waals surface area contributed by atoms with E-state index in [-0.39, 0.29) is 37.6 Å². The number of aromatic nitrogens is 1. The van der Waals surface area contributed by atoms with E-state index in [9.17, 15) is 18.8 Å². The number of likely N-dealkylation sites (tertiary alicyclic amines) is 1. The van der Waals surface area contributed by atoms with E-state index in [2.05, 4.69) is 24.5 Å². The lowest BCUT2D eigenvalue weighted by Gasteiger charge is -2.44. The van der Waals surface area contributed by atoms with Crippen molar-refractivity contribution in [1.82, 2.24) is 14.8 Å². The Morgan fingerprint density at radius 2 is 1.93 bits per heavy atom. The molecular formula is C32H36ClFN4O3. The third kappa shape index (κ3) is 4.90. The molecular weight excluding hydrogens is 543 g/mol. The molecule has 2 aliphatic carbocycles. The highest BCUT2D eigenvalue weighted by molar-refractivity contribution is 6.30. The van der Waals surface area contributed by atoms with Gasteiger partial charge in [-0.15, -0.1) is 0 Å². The number of hydrogen-bond acceptors (Lipinski definition) is 4. The molecule has 0 radical (unpaired) electrons. The Morgan fingerprint density at radius 3 is 2.61 bits per heavy atom. The molecule has 6 rings (SSSR count). The number of nitrogens with zero attached hydrogens (tertiary/aromatic N) is 2. The van der Waals surface area contributed by atoms with Crippen molar-refractivity contribution in [2.24, 2.45) is 11.8 Å². The van der Waals surface area contributed by atoms with E-state index in [1.54, 1.807) is 18.2 Å². The molecule has 2 aromatic rings. The third-order valence-electron chi connectivity index (χ3n) is 9.23. The zero-order chi connectivity index (χ0) is 29.1. The summed E-state index contributed by atoms with van der Waals surface area (Å²) in [4.78, 5) is 42.0. The maximum absolute atomic E-state index is 14.2. The Balaban J connectivity index is 1.43. The predicted octanol–water partition coefficient (Wildman–Crippen LogP) is 5.34. The van der Waals surface area contributed by atoms with Crippen LogP contribution in [0.25, 0.3) is 5.57 Å². The standard InChI is InChI=1S/C32H36ClFN4O3/c1-4-21-22-6-5-7-23(18(22)2)26-14-35-29-24(28(21)26)12-25(30(40)36-13-19-8-10-20(33)11-9-19)31(41)38(29)15-27(39)37-16-32(3,34)17-37/h8-12,18,23,35H,4-7,13-17H2,1-3H3,(H,36,40). The summed E-state index contributed by atoms with van der Waals surface area (Å²) in [5.74, 6) is 0.595. The first kappa shape index (κ1) is 27.8. The van der Waals surface area contributed by atoms with E-state index in [0.717, 1.165) is 42.4 Å². The van der Waals surface area contributed by atoms with Gasteiger partial charge in [0.25, 0.3) is 11.5 Å². The summed E-state index contributed by atoms with van der Waals surface area (Å²) in [7, 11) is 0. The van der Waals surface area contributed by atoms with E-state index < -0.39 is 17.1 Å². The molecule has 3 heterocycles. The summed E-state index contributed by atoms with van der Waals surface area (Å²) < 4.78 is 15.6. The number of amides is 2. The van der Waals surface area contributed by atoms with Crippen molar-refractivity contribution < 1.29 is 14.0 Å². The van der Waals surface area contributed by atoms with Crippen molar-refractivity contribution in [2.45, 2.75) is 65.2 Å². The van der Waals surface area contributed by atoms with Gasteiger partial charge in [0.1, 0.15) is 23.6 Å². The second kappa shape index (κ2) is 10.5. The molecule has 9 heteroatoms. The average molecular weight is 579 g/mol. The summed E-state index contributed by atoms with van der Waals surface area (Å²) in [6.45, 7) is 6.50. The predicted molar refractivity (Wildman–Crippen MR) is 159 cm³/mol. The van der Waals surface area contributed by atoms with E-state index in [4.69, 9.17) is 11.6 Å². The molecule has 1 aromatic heterocycles. The van der Waals surface area contributed by atoms with Crippen molar-refractivity contribution in [2.75, 3.05) is 25.0 Å². The van der Waals surface area contributed by atoms with Gasteiger partial charge in [0.05, 0.1) is 13.1 Å². The maximum Gasteiger partial charge on any atom is 0.265 e. The fourth-order valence-corrected chi connectivity index (χ4v) is 7.34. The molecule has 2 N–H and O–H groups in total. The van der Waals surface area contributed by atoms with Crippen LogP contribution in [0.3, 0.4) is 0 Å². The monoisotopic (exact) mass is 578 g/mol. The van der Waals surface area contributed by atoms with Gasteiger partial charge in [-0.1, -0.05) is 43.2 Å². The van der Waals surface area contributed by atoms with Gasteiger partial charge < -0.3 is 15.5 Å². The minimum atomic E-state index is -1.42. The van der Waals surface area contributed by atoms with Gasteiger partial charge in [0.2, 0.25) is 5.91 Å². The van der Waals surface area contributed by atoms with Crippen molar-refractivity contribution in [1.29, 1.82) is 0 Å². The van der Waals surface area contributed by atoms with Crippen LogP contribution in [0.5, 0.6) is 0 Å². The molecule has 41 heavy (non-hydrogen) atoms. The molecule has 0 spiro atoms. The smallest absolute Gasteiger partial charge is 0.265 e. The van der Waals surface area contributed by atoms with Crippen LogP contribution in [0, 0.1) is 11.8 Å². The highest BCUT2D eigenvalue weighted by Crippen LogP contribution is 2.52. The van der Waals surface area contributed by atoms with Crippen LogP contribution in [0.2, 0.25) is 5.02 Å². The molecule has 1 aromatic carbocycles. The highest BCUT2D eigenvalue weighted by Gasteiger charge is 2.43. The summed E-state index contributed by atoms with van der Waals surface area (Å²) >= 11 is 6.00. The molecule has 2 aliphatic heterocycles. The number of pyridine rings is 1. The van der Waals surface area contributed by atoms with E-state index in [1.165, 1.54) is 33.1 Å². The number of hydrogen-bond donors (Lipinski definition) is 2. The molecule has 4 aliphatic rings. The number of fused-ring (bicyclic) bond motifs is 5. The number of allylic oxidation sites excluding steroid dienone is 3. The molecule has 2 unspecified atom stereocenters. The minimum Gasteiger partial charge on any atom is -0.367 e. The number of anilines is 1. The first-order valence-corrected chi connectivity index (χ1v) is 14.9. The number of carbonyl (C=O) groups is 2. The Hall–Kier alpha value is -3.39. The number of nitrogens with one attached hydrogen (secondary N) is 2. The SMILES string of the molecule is CCC1=C2CCCC(C3=C1c1cc(C(=O)NCc4ccc(Cl)cc4)c(=O)n(CC(=O)N4CC(C)(F)C4)c1NC3)C2C. The Kier molecular flexibility index (Phi) is 7.09. The zero-order valence-corrected chi connectivity index (χ0v) is 24.5. The van der Waals surface area contributed by atoms with Crippen molar-refractivity contribution in [3.8, 4) is 0 Å². The molecule has 2 atom stereocenters. The van der Waals surface area contributed by atoms with Crippen LogP contribution in [0.1, 0.15) is 67.9 Å². The lowest BCUT2D eigenvalue weighted by Crippen LogP contribution is -2.60. The minimum absolute atomic E-state index is 0.00157. The Labute approximate surface area is 244 Å². The van der Waals surface area contributed by atoms with Crippen molar-refractivity contribution >= 4 is 34.8 Å². The van der Waals surface area contributed by atoms with Gasteiger partial charge in [0.15, 0.2) is 0 Å². The molecule has 2 fully saturated rings. The van der Waals surface area contributed by atoms with E-state index in [0.29, 0.717) is 29.2 Å². The van der Waals surface area contributed by atoms with Crippen LogP contribution in [-0.4, -0.2) is 46.6 Å². The van der Waals surface area contributed by atoms with Crippen LogP contribution in [-0.2, 0) is 17.9 Å². The molecule has 7 nitrogen and oxygen atoms in total. The van der Waals surface area contributed by atoms with Crippen LogP contribution < -0.4 is 16.2 Å². The van der Waals surface area contributed by atoms with Crippen LogP contribution in [0.4, 0.5) is 10.2 Å². The van der Waals surface area contributed by atoms with Gasteiger partial charge in [-0.3, -0.25) is 19.0 Å². The molecule has 1 saturated heterocycles. The Morgan fingerprint density at radius 1 is 1.20 bits per heavy atom. The van der Waals surface area contributed by atoms with E-state index in [1.807, 2.05) is 12.1 Å². The zero-order valence-electron chi connectivity index (χ0n) is 23.8. The van der Waals surface area contributed by atoms with Crippen LogP contribution in [0.15, 0.2) is 51.8 Å². The number of rotatable bonds is 6. The Bertz CT molecular complexity index is 1550. The molecule has 2 amide bonds. The summed E-state index contributed by atoms with van der Waals surface area (Å²) in [6, 6.07) is 8.85. The van der Waals surface area contributed by atoms with Gasteiger partial charge in [0, 0.05) is 23.7 Å². The van der Waals surface area contributed by atoms with Gasteiger partial charge >= 0.3 is 0 Å². The van der Waals surface area contributed by atoms with Crippen molar-refractivity contribution in [3.05, 3.63) is 79.1 Å². The normalized spacial score (nSPS) is 22.4. The maximum atomic E-state index is 14.2. The second-order valence-electron chi connectivity index (χ2n) is 12.1. The summed E-state index contributed by atoms with van der Waals surface area (Å²) in [5, 5.41) is 6.93. The fourth-order valence-electron chi connectivity index (χ4n) is 7.21. The van der Waals surface area contributed by atoms with Gasteiger partial charge in [-0.05, 0) is 84.9 Å². The first-order chi connectivity index (χ1) is 19.6. The lowest BCUT2D eigenvalue weighted by atomic mass is 9.63. The second-order valence-corrected chi connectivity index (χ2v) is 12.5. The van der Waals surface area contributed by atoms with Gasteiger partial charge in [-0.25, -0.2) is 4.39 Å². The van der Waals surface area contributed by atoms with Crippen molar-refractivity contribution in [3.63, 3.8) is 0 Å². The number of alkyl halides is 1. The summed E-state index contributed by atoms with van der Waals surface area (Å²) in [6.07, 6.45) is 4.18. The molecule has 2 bridgehead atoms. The third-order valence-corrected chi connectivity index (χ3v) is 9.48. The largest absolute Gasteiger partial charge is 0.367 e. The molecule has 1 saturated carbocycles. The first-order valence-electron chi connectivity index (χ1n) is 14.5. The quantitative estimate of drug-likeness (QED) is 0.485. The fraction of sp³-hybridized carbons (Fsp3) is 0.469. The molecule has 216 valence electrons. The number of carbonyl (C=O) groups excluding carboxylic acids is 2. The highest BCUT2D eigenvalue weighted by atomic mass is 35.5. The van der Waals surface area contributed by atoms with Gasteiger partial charge in [-0.2, -0.15) is 0 Å².